The average molecular weight is 381 g/mol. The maximum Gasteiger partial charge on any atom is 0.251 e. The summed E-state index contributed by atoms with van der Waals surface area (Å²) in [5.74, 6) is 0.678. The van der Waals surface area contributed by atoms with E-state index in [0.29, 0.717) is 35.2 Å². The normalized spacial score (nSPS) is 10.8. The zero-order chi connectivity index (χ0) is 18.2. The zero-order valence-electron chi connectivity index (χ0n) is 14.4. The Morgan fingerprint density at radius 1 is 1.12 bits per heavy atom. The van der Waals surface area contributed by atoms with Gasteiger partial charge in [0.15, 0.2) is 0 Å². The Hall–Kier alpha value is -1.75. The smallest absolute Gasteiger partial charge is 0.251 e. The predicted molar refractivity (Wildman–Crippen MR) is 103 cm³/mol. The fraction of sp³-hybridized carbons (Fsp3) is 0.316. The summed E-state index contributed by atoms with van der Waals surface area (Å²) in [4.78, 5) is 14.3. The Kier molecular flexibility index (Phi) is 7.56. The Balaban J connectivity index is 1.88. The topological polar surface area (TPSA) is 41.6 Å². The molecule has 1 amide bonds. The first kappa shape index (κ1) is 19.6. The molecule has 0 fully saturated rings. The first-order chi connectivity index (χ1) is 12.0. The highest BCUT2D eigenvalue weighted by molar-refractivity contribution is 6.42. The molecule has 0 bridgehead atoms. The third-order valence-corrected chi connectivity index (χ3v) is 4.37. The average Bonchev–Trinajstić information content (AvgIpc) is 2.58. The van der Waals surface area contributed by atoms with Crippen LogP contribution in [-0.4, -0.2) is 44.6 Å². The molecule has 6 heteroatoms. The number of amides is 1. The number of ether oxygens (including phenoxy) is 1. The molecule has 0 aliphatic rings. The van der Waals surface area contributed by atoms with Gasteiger partial charge in [-0.15, -0.1) is 0 Å². The van der Waals surface area contributed by atoms with Gasteiger partial charge in [0, 0.05) is 18.7 Å². The predicted octanol–water partition coefficient (Wildman–Crippen LogP) is 3.91. The minimum absolute atomic E-state index is 0.176. The van der Waals surface area contributed by atoms with Gasteiger partial charge in [0.1, 0.15) is 12.4 Å². The Morgan fingerprint density at radius 2 is 1.88 bits per heavy atom. The number of rotatable bonds is 8. The monoisotopic (exact) mass is 380 g/mol. The largest absolute Gasteiger partial charge is 0.492 e. The second-order valence-corrected chi connectivity index (χ2v) is 6.71. The van der Waals surface area contributed by atoms with Crippen molar-refractivity contribution in [3.8, 4) is 5.75 Å². The van der Waals surface area contributed by atoms with Gasteiger partial charge < -0.3 is 15.0 Å². The number of para-hydroxylation sites is 1. The van der Waals surface area contributed by atoms with Crippen molar-refractivity contribution in [3.05, 3.63) is 63.6 Å². The minimum atomic E-state index is -0.176. The molecule has 0 aromatic heterocycles. The van der Waals surface area contributed by atoms with Crippen LogP contribution in [0.5, 0.6) is 5.75 Å². The fourth-order valence-corrected chi connectivity index (χ4v) is 2.54. The van der Waals surface area contributed by atoms with E-state index in [1.54, 1.807) is 18.2 Å². The van der Waals surface area contributed by atoms with Crippen LogP contribution < -0.4 is 10.1 Å². The Morgan fingerprint density at radius 3 is 2.60 bits per heavy atom. The molecule has 25 heavy (non-hydrogen) atoms. The van der Waals surface area contributed by atoms with Crippen LogP contribution in [0, 0.1) is 0 Å². The van der Waals surface area contributed by atoms with Gasteiger partial charge >= 0.3 is 0 Å². The van der Waals surface area contributed by atoms with Gasteiger partial charge in [0.2, 0.25) is 0 Å². The molecule has 0 spiro atoms. The number of nitrogens with zero attached hydrogens (tertiary/aromatic N) is 1. The molecule has 1 N–H and O–H groups in total. The third kappa shape index (κ3) is 6.24. The van der Waals surface area contributed by atoms with E-state index in [2.05, 4.69) is 10.2 Å². The molecule has 2 aromatic carbocycles. The molecule has 0 aliphatic carbocycles. The summed E-state index contributed by atoms with van der Waals surface area (Å²) in [5.41, 5.74) is 1.56. The molecule has 0 saturated carbocycles. The first-order valence-corrected chi connectivity index (χ1v) is 8.81. The van der Waals surface area contributed by atoms with Crippen LogP contribution in [0.2, 0.25) is 10.0 Å². The summed E-state index contributed by atoms with van der Waals surface area (Å²) in [6.45, 7) is 1.98. The summed E-state index contributed by atoms with van der Waals surface area (Å²) in [6, 6.07) is 12.7. The first-order valence-electron chi connectivity index (χ1n) is 8.06. The standard InChI is InChI=1S/C19H22Cl2N2O2/c1-23(2)11-12-25-18-6-4-3-5-14(18)9-10-22-19(24)15-7-8-16(20)17(21)13-15/h3-8,13H,9-12H2,1-2H3,(H,22,24). The van der Waals surface area contributed by atoms with Gasteiger partial charge in [-0.05, 0) is 50.3 Å². The highest BCUT2D eigenvalue weighted by Crippen LogP contribution is 2.22. The number of hydrogen-bond acceptors (Lipinski definition) is 3. The van der Waals surface area contributed by atoms with Gasteiger partial charge in [-0.25, -0.2) is 0 Å². The van der Waals surface area contributed by atoms with Crippen LogP contribution in [-0.2, 0) is 6.42 Å². The quantitative estimate of drug-likeness (QED) is 0.754. The molecule has 0 saturated heterocycles. The summed E-state index contributed by atoms with van der Waals surface area (Å²) in [6.07, 6.45) is 0.686. The highest BCUT2D eigenvalue weighted by Gasteiger charge is 2.09. The molecule has 0 atom stereocenters. The van der Waals surface area contributed by atoms with Gasteiger partial charge in [-0.2, -0.15) is 0 Å². The molecule has 134 valence electrons. The molecular weight excluding hydrogens is 359 g/mol. The molecule has 0 unspecified atom stereocenters. The van der Waals surface area contributed by atoms with E-state index in [0.717, 1.165) is 17.9 Å². The van der Waals surface area contributed by atoms with Crippen LogP contribution in [0.3, 0.4) is 0 Å². The lowest BCUT2D eigenvalue weighted by molar-refractivity contribution is 0.0954. The maximum absolute atomic E-state index is 12.2. The molecule has 0 aliphatic heterocycles. The van der Waals surface area contributed by atoms with Crippen molar-refractivity contribution in [2.24, 2.45) is 0 Å². The van der Waals surface area contributed by atoms with Gasteiger partial charge in [-0.3, -0.25) is 4.79 Å². The molecule has 4 nitrogen and oxygen atoms in total. The van der Waals surface area contributed by atoms with Gasteiger partial charge in [0.05, 0.1) is 10.0 Å². The van der Waals surface area contributed by atoms with Gasteiger partial charge in [0.25, 0.3) is 5.91 Å². The number of nitrogens with one attached hydrogen (secondary N) is 1. The van der Waals surface area contributed by atoms with Crippen molar-refractivity contribution in [2.45, 2.75) is 6.42 Å². The summed E-state index contributed by atoms with van der Waals surface area (Å²) in [5, 5.41) is 3.69. The van der Waals surface area contributed by atoms with E-state index < -0.39 is 0 Å². The number of hydrogen-bond donors (Lipinski definition) is 1. The minimum Gasteiger partial charge on any atom is -0.492 e. The van der Waals surface area contributed by atoms with E-state index in [1.165, 1.54) is 0 Å². The van der Waals surface area contributed by atoms with Gasteiger partial charge in [-0.1, -0.05) is 41.4 Å². The highest BCUT2D eigenvalue weighted by atomic mass is 35.5. The van der Waals surface area contributed by atoms with E-state index in [9.17, 15) is 4.79 Å². The zero-order valence-corrected chi connectivity index (χ0v) is 15.9. The van der Waals surface area contributed by atoms with Crippen molar-refractivity contribution >= 4 is 29.1 Å². The van der Waals surface area contributed by atoms with Crippen molar-refractivity contribution in [1.82, 2.24) is 10.2 Å². The summed E-state index contributed by atoms with van der Waals surface area (Å²) in [7, 11) is 4.02. The molecule has 0 radical (unpaired) electrons. The van der Waals surface area contributed by atoms with Crippen molar-refractivity contribution in [1.29, 1.82) is 0 Å². The molecular formula is C19H22Cl2N2O2. The number of carbonyl (C=O) groups excluding carboxylic acids is 1. The van der Waals surface area contributed by atoms with Crippen LogP contribution in [0.1, 0.15) is 15.9 Å². The maximum atomic E-state index is 12.2. The van der Waals surface area contributed by atoms with Crippen molar-refractivity contribution < 1.29 is 9.53 Å². The fourth-order valence-electron chi connectivity index (χ4n) is 2.24. The molecule has 2 aromatic rings. The van der Waals surface area contributed by atoms with Crippen LogP contribution in [0.25, 0.3) is 0 Å². The molecule has 2 rings (SSSR count). The van der Waals surface area contributed by atoms with Crippen molar-refractivity contribution in [3.63, 3.8) is 0 Å². The van der Waals surface area contributed by atoms with Crippen LogP contribution in [0.15, 0.2) is 42.5 Å². The second-order valence-electron chi connectivity index (χ2n) is 5.89. The second kappa shape index (κ2) is 9.66. The Bertz CT molecular complexity index is 720. The lowest BCUT2D eigenvalue weighted by Gasteiger charge is -2.14. The number of halogens is 2. The summed E-state index contributed by atoms with van der Waals surface area (Å²) < 4.78 is 5.83. The Labute approximate surface area is 158 Å². The van der Waals surface area contributed by atoms with Crippen molar-refractivity contribution in [2.75, 3.05) is 33.8 Å². The van der Waals surface area contributed by atoms with E-state index in [-0.39, 0.29) is 5.91 Å². The number of benzene rings is 2. The van der Waals surface area contributed by atoms with E-state index in [4.69, 9.17) is 27.9 Å². The number of likely N-dealkylation sites (N-methyl/N-ethyl adjacent to an activating group) is 1. The van der Waals surface area contributed by atoms with E-state index >= 15 is 0 Å². The SMILES string of the molecule is CN(C)CCOc1ccccc1CCNC(=O)c1ccc(Cl)c(Cl)c1. The van der Waals surface area contributed by atoms with Crippen LogP contribution in [0.4, 0.5) is 0 Å². The molecule has 0 heterocycles. The lowest BCUT2D eigenvalue weighted by atomic mass is 10.1. The lowest BCUT2D eigenvalue weighted by Crippen LogP contribution is -2.26. The van der Waals surface area contributed by atoms with E-state index in [1.807, 2.05) is 38.4 Å². The number of carbonyl (C=O) groups is 1. The third-order valence-electron chi connectivity index (χ3n) is 3.63. The van der Waals surface area contributed by atoms with Crippen LogP contribution >= 0.6 is 23.2 Å². The summed E-state index contributed by atoms with van der Waals surface area (Å²) >= 11 is 11.8.